The molecule has 0 aliphatic carbocycles. The summed E-state index contributed by atoms with van der Waals surface area (Å²) in [6, 6.07) is 0. The second kappa shape index (κ2) is 3.85. The van der Waals surface area contributed by atoms with Crippen LogP contribution in [0.3, 0.4) is 0 Å². The van der Waals surface area contributed by atoms with Crippen LogP contribution < -0.4 is 0 Å². The van der Waals surface area contributed by atoms with Crippen molar-refractivity contribution in [2.24, 2.45) is 0 Å². The summed E-state index contributed by atoms with van der Waals surface area (Å²) in [5.41, 5.74) is 3.17. The lowest BCUT2D eigenvalue weighted by molar-refractivity contribution is 0.713. The molecule has 2 rings (SSSR count). The van der Waals surface area contributed by atoms with E-state index in [4.69, 9.17) is 4.98 Å². The Morgan fingerprint density at radius 2 is 1.81 bits per heavy atom. The topological polar surface area (TPSA) is 43.1 Å². The lowest BCUT2D eigenvalue weighted by Crippen LogP contribution is -2.02. The zero-order valence-corrected chi connectivity index (χ0v) is 10.5. The quantitative estimate of drug-likeness (QED) is 0.778. The first-order valence-electron chi connectivity index (χ1n) is 5.72. The Bertz CT molecular complexity index is 511. The third kappa shape index (κ3) is 1.58. The maximum atomic E-state index is 4.71. The second-order valence-electron chi connectivity index (χ2n) is 4.77. The summed E-state index contributed by atoms with van der Waals surface area (Å²) in [6.07, 6.45) is 1.60. The number of imidazole rings is 1. The van der Waals surface area contributed by atoms with Crippen LogP contribution in [0.4, 0.5) is 0 Å². The highest BCUT2D eigenvalue weighted by molar-refractivity contribution is 5.57. The van der Waals surface area contributed by atoms with Gasteiger partial charge in [0.1, 0.15) is 17.7 Å². The van der Waals surface area contributed by atoms with Crippen molar-refractivity contribution in [3.8, 4) is 0 Å². The Labute approximate surface area is 95.7 Å². The fourth-order valence-electron chi connectivity index (χ4n) is 1.90. The van der Waals surface area contributed by atoms with Crippen molar-refractivity contribution in [2.75, 3.05) is 0 Å². The van der Waals surface area contributed by atoms with Crippen molar-refractivity contribution < 1.29 is 0 Å². The van der Waals surface area contributed by atoms with Crippen molar-refractivity contribution in [3.05, 3.63) is 23.5 Å². The maximum Gasteiger partial charge on any atom is 0.136 e. The standard InChI is InChI=1S/C12H18N4/c1-7(2)10-11-9(5)13-6-14-16(11)12(15-10)8(3)4/h6-8H,1-5H3. The van der Waals surface area contributed by atoms with Gasteiger partial charge in [0.15, 0.2) is 0 Å². The van der Waals surface area contributed by atoms with E-state index in [-0.39, 0.29) is 0 Å². The molecule has 0 atom stereocenters. The molecule has 0 spiro atoms. The SMILES string of the molecule is Cc1ncnn2c(C(C)C)nc(C(C)C)c12. The predicted octanol–water partition coefficient (Wildman–Crippen LogP) is 2.68. The Hall–Kier alpha value is -1.45. The van der Waals surface area contributed by atoms with Gasteiger partial charge in [0, 0.05) is 5.92 Å². The van der Waals surface area contributed by atoms with Crippen LogP contribution in [0.25, 0.3) is 5.52 Å². The first kappa shape index (κ1) is 11.0. The molecule has 16 heavy (non-hydrogen) atoms. The lowest BCUT2D eigenvalue weighted by atomic mass is 10.1. The molecule has 2 aromatic rings. The molecule has 0 aliphatic heterocycles. The molecule has 0 N–H and O–H groups in total. The van der Waals surface area contributed by atoms with E-state index in [9.17, 15) is 0 Å². The predicted molar refractivity (Wildman–Crippen MR) is 63.7 cm³/mol. The fourth-order valence-corrected chi connectivity index (χ4v) is 1.90. The highest BCUT2D eigenvalue weighted by Gasteiger charge is 2.18. The van der Waals surface area contributed by atoms with Crippen LogP contribution in [0.5, 0.6) is 0 Å². The average Bonchev–Trinajstić information content (AvgIpc) is 2.58. The van der Waals surface area contributed by atoms with E-state index in [2.05, 4.69) is 37.8 Å². The second-order valence-corrected chi connectivity index (χ2v) is 4.77. The monoisotopic (exact) mass is 218 g/mol. The zero-order valence-electron chi connectivity index (χ0n) is 10.5. The summed E-state index contributed by atoms with van der Waals surface area (Å²) in [5.74, 6) is 1.78. The molecule has 0 aromatic carbocycles. The van der Waals surface area contributed by atoms with Gasteiger partial charge in [0.05, 0.1) is 11.4 Å². The zero-order chi connectivity index (χ0) is 11.9. The summed E-state index contributed by atoms with van der Waals surface area (Å²) in [7, 11) is 0. The smallest absolute Gasteiger partial charge is 0.136 e. The number of aromatic nitrogens is 4. The van der Waals surface area contributed by atoms with Crippen molar-refractivity contribution in [1.29, 1.82) is 0 Å². The van der Waals surface area contributed by atoms with Crippen LogP contribution in [0.15, 0.2) is 6.33 Å². The first-order valence-corrected chi connectivity index (χ1v) is 5.72. The van der Waals surface area contributed by atoms with E-state index < -0.39 is 0 Å². The largest absolute Gasteiger partial charge is 0.238 e. The summed E-state index contributed by atoms with van der Waals surface area (Å²) in [4.78, 5) is 8.96. The van der Waals surface area contributed by atoms with E-state index >= 15 is 0 Å². The molecule has 0 radical (unpaired) electrons. The van der Waals surface area contributed by atoms with Crippen LogP contribution in [0.2, 0.25) is 0 Å². The summed E-state index contributed by atoms with van der Waals surface area (Å²) in [5, 5.41) is 4.31. The van der Waals surface area contributed by atoms with Gasteiger partial charge in [-0.15, -0.1) is 0 Å². The number of fused-ring (bicyclic) bond motifs is 1. The van der Waals surface area contributed by atoms with Crippen molar-refractivity contribution >= 4 is 5.52 Å². The van der Waals surface area contributed by atoms with E-state index in [0.29, 0.717) is 11.8 Å². The Kier molecular flexibility index (Phi) is 2.66. The van der Waals surface area contributed by atoms with Gasteiger partial charge in [-0.05, 0) is 12.8 Å². The molecular formula is C12H18N4. The fraction of sp³-hybridized carbons (Fsp3) is 0.583. The van der Waals surface area contributed by atoms with Crippen LogP contribution in [0, 0.1) is 6.92 Å². The summed E-state index contributed by atoms with van der Waals surface area (Å²) < 4.78 is 1.93. The molecule has 0 saturated carbocycles. The third-order valence-corrected chi connectivity index (χ3v) is 2.73. The van der Waals surface area contributed by atoms with E-state index in [0.717, 1.165) is 22.7 Å². The van der Waals surface area contributed by atoms with Crippen LogP contribution in [-0.2, 0) is 0 Å². The number of rotatable bonds is 2. The van der Waals surface area contributed by atoms with Crippen molar-refractivity contribution in [1.82, 2.24) is 19.6 Å². The Balaban J connectivity index is 2.82. The molecule has 2 heterocycles. The normalized spacial score (nSPS) is 11.9. The van der Waals surface area contributed by atoms with E-state index in [1.54, 1.807) is 6.33 Å². The van der Waals surface area contributed by atoms with Gasteiger partial charge in [0.2, 0.25) is 0 Å². The van der Waals surface area contributed by atoms with Gasteiger partial charge < -0.3 is 0 Å². The molecule has 0 unspecified atom stereocenters. The number of nitrogens with zero attached hydrogens (tertiary/aromatic N) is 4. The number of hydrogen-bond acceptors (Lipinski definition) is 3. The molecule has 4 heteroatoms. The van der Waals surface area contributed by atoms with Gasteiger partial charge in [-0.3, -0.25) is 0 Å². The molecule has 0 aliphatic rings. The molecule has 0 bridgehead atoms. The lowest BCUT2D eigenvalue weighted by Gasteiger charge is -2.03. The average molecular weight is 218 g/mol. The molecule has 2 aromatic heterocycles. The third-order valence-electron chi connectivity index (χ3n) is 2.73. The molecule has 0 saturated heterocycles. The van der Waals surface area contributed by atoms with Gasteiger partial charge in [-0.1, -0.05) is 27.7 Å². The van der Waals surface area contributed by atoms with Gasteiger partial charge in [-0.2, -0.15) is 5.10 Å². The minimum atomic E-state index is 0.370. The number of hydrogen-bond donors (Lipinski definition) is 0. The Morgan fingerprint density at radius 1 is 1.12 bits per heavy atom. The highest BCUT2D eigenvalue weighted by atomic mass is 15.3. The molecule has 4 nitrogen and oxygen atoms in total. The van der Waals surface area contributed by atoms with E-state index in [1.807, 2.05) is 11.4 Å². The van der Waals surface area contributed by atoms with Crippen molar-refractivity contribution in [3.63, 3.8) is 0 Å². The van der Waals surface area contributed by atoms with Gasteiger partial charge >= 0.3 is 0 Å². The first-order chi connectivity index (χ1) is 7.52. The molecule has 0 fully saturated rings. The van der Waals surface area contributed by atoms with Gasteiger partial charge in [0.25, 0.3) is 0 Å². The minimum absolute atomic E-state index is 0.370. The van der Waals surface area contributed by atoms with E-state index in [1.165, 1.54) is 0 Å². The minimum Gasteiger partial charge on any atom is -0.238 e. The van der Waals surface area contributed by atoms with Crippen LogP contribution in [-0.4, -0.2) is 19.6 Å². The summed E-state index contributed by atoms with van der Waals surface area (Å²) in [6.45, 7) is 10.6. The number of aryl methyl sites for hydroxylation is 1. The summed E-state index contributed by atoms with van der Waals surface area (Å²) >= 11 is 0. The molecule has 0 amide bonds. The highest BCUT2D eigenvalue weighted by Crippen LogP contribution is 2.25. The maximum absolute atomic E-state index is 4.71. The van der Waals surface area contributed by atoms with Crippen molar-refractivity contribution in [2.45, 2.75) is 46.5 Å². The molecule has 86 valence electrons. The van der Waals surface area contributed by atoms with Crippen LogP contribution in [0.1, 0.15) is 56.7 Å². The molecular weight excluding hydrogens is 200 g/mol. The van der Waals surface area contributed by atoms with Crippen LogP contribution >= 0.6 is 0 Å². The Morgan fingerprint density at radius 3 is 2.38 bits per heavy atom. The van der Waals surface area contributed by atoms with Gasteiger partial charge in [-0.25, -0.2) is 14.5 Å².